The van der Waals surface area contributed by atoms with Gasteiger partial charge in [-0.2, -0.15) is 0 Å². The van der Waals surface area contributed by atoms with Crippen LogP contribution in [0.25, 0.3) is 0 Å². The normalized spacial score (nSPS) is 17.2. The molecule has 0 bridgehead atoms. The molecule has 20 heavy (non-hydrogen) atoms. The van der Waals surface area contributed by atoms with E-state index in [1.807, 2.05) is 29.2 Å². The molecule has 1 N–H and O–H groups in total. The lowest BCUT2D eigenvalue weighted by Gasteiger charge is -2.33. The van der Waals surface area contributed by atoms with Crippen LogP contribution in [-0.2, 0) is 4.79 Å². The molecular weight excluding hydrogens is 274 g/mol. The van der Waals surface area contributed by atoms with Crippen LogP contribution in [-0.4, -0.2) is 23.7 Å². The molecule has 0 atom stereocenters. The number of anilines is 1. The van der Waals surface area contributed by atoms with E-state index in [1.54, 1.807) is 0 Å². The second-order valence-corrected chi connectivity index (χ2v) is 5.93. The third kappa shape index (κ3) is 4.41. The first-order valence-electron chi connectivity index (χ1n) is 7.41. The smallest absolute Gasteiger partial charge is 0.323 e. The van der Waals surface area contributed by atoms with Gasteiger partial charge in [-0.3, -0.25) is 4.79 Å². The third-order valence-electron chi connectivity index (χ3n) is 3.98. The molecule has 1 aliphatic rings. The molecule has 0 amide bonds. The highest BCUT2D eigenvalue weighted by Crippen LogP contribution is 2.27. The fourth-order valence-electron chi connectivity index (χ4n) is 2.96. The van der Waals surface area contributed by atoms with Crippen molar-refractivity contribution in [1.82, 2.24) is 0 Å². The van der Waals surface area contributed by atoms with Gasteiger partial charge in [0.05, 0.1) is 0 Å². The first kappa shape index (κ1) is 15.2. The summed E-state index contributed by atoms with van der Waals surface area (Å²) in [7, 11) is 0. The summed E-state index contributed by atoms with van der Waals surface area (Å²) in [5.74, 6) is -0.776. The Bertz CT molecular complexity index is 425. The van der Waals surface area contributed by atoms with E-state index in [1.165, 1.54) is 32.1 Å². The number of benzene rings is 1. The van der Waals surface area contributed by atoms with E-state index >= 15 is 0 Å². The SMILES string of the molecule is O=C(O)CN(c1ccc(Cl)cc1)C1CCCCCCC1. The summed E-state index contributed by atoms with van der Waals surface area (Å²) in [6.45, 7) is 0.0618. The lowest BCUT2D eigenvalue weighted by molar-refractivity contribution is -0.135. The number of nitrogens with zero attached hydrogens (tertiary/aromatic N) is 1. The zero-order valence-electron chi connectivity index (χ0n) is 11.7. The van der Waals surface area contributed by atoms with E-state index in [-0.39, 0.29) is 6.54 Å². The number of rotatable bonds is 4. The van der Waals surface area contributed by atoms with Crippen molar-refractivity contribution in [1.29, 1.82) is 0 Å². The maximum Gasteiger partial charge on any atom is 0.323 e. The standard InChI is InChI=1S/C16H22ClNO2/c17-13-8-10-15(11-9-13)18(12-16(19)20)14-6-4-2-1-3-5-7-14/h8-11,14H,1-7,12H2,(H,19,20). The number of carboxylic acid groups (broad SMARTS) is 1. The third-order valence-corrected chi connectivity index (χ3v) is 4.23. The van der Waals surface area contributed by atoms with Gasteiger partial charge < -0.3 is 10.0 Å². The summed E-state index contributed by atoms with van der Waals surface area (Å²) >= 11 is 5.92. The first-order chi connectivity index (χ1) is 9.66. The van der Waals surface area contributed by atoms with Gasteiger partial charge in [-0.25, -0.2) is 0 Å². The molecule has 0 radical (unpaired) electrons. The molecule has 3 nitrogen and oxygen atoms in total. The highest BCUT2D eigenvalue weighted by molar-refractivity contribution is 6.30. The van der Waals surface area contributed by atoms with Crippen molar-refractivity contribution >= 4 is 23.3 Å². The summed E-state index contributed by atoms with van der Waals surface area (Å²) in [5.41, 5.74) is 0.961. The minimum atomic E-state index is -0.776. The van der Waals surface area contributed by atoms with Gasteiger partial charge in [0.15, 0.2) is 0 Å². The van der Waals surface area contributed by atoms with Gasteiger partial charge in [0.2, 0.25) is 0 Å². The Hall–Kier alpha value is -1.22. The van der Waals surface area contributed by atoms with Gasteiger partial charge >= 0.3 is 5.97 Å². The highest BCUT2D eigenvalue weighted by atomic mass is 35.5. The molecule has 1 aromatic rings. The maximum absolute atomic E-state index is 11.2. The van der Waals surface area contributed by atoms with Crippen molar-refractivity contribution in [2.45, 2.75) is 51.0 Å². The number of hydrogen-bond acceptors (Lipinski definition) is 2. The summed E-state index contributed by atoms with van der Waals surface area (Å²) in [5, 5.41) is 9.87. The Morgan fingerprint density at radius 2 is 1.65 bits per heavy atom. The van der Waals surface area contributed by atoms with Crippen LogP contribution in [0.3, 0.4) is 0 Å². The minimum absolute atomic E-state index is 0.0618. The number of carboxylic acids is 1. The van der Waals surface area contributed by atoms with Crippen LogP contribution in [0.2, 0.25) is 5.02 Å². The zero-order valence-corrected chi connectivity index (χ0v) is 12.5. The molecule has 110 valence electrons. The molecule has 0 spiro atoms. The Morgan fingerprint density at radius 1 is 1.10 bits per heavy atom. The molecule has 0 aromatic heterocycles. The lowest BCUT2D eigenvalue weighted by atomic mass is 9.95. The number of hydrogen-bond donors (Lipinski definition) is 1. The predicted molar refractivity (Wildman–Crippen MR) is 82.5 cm³/mol. The van der Waals surface area contributed by atoms with Crippen molar-refractivity contribution in [3.63, 3.8) is 0 Å². The summed E-state index contributed by atoms with van der Waals surface area (Å²) in [6, 6.07) is 7.82. The van der Waals surface area contributed by atoms with E-state index in [4.69, 9.17) is 11.6 Å². The molecule has 1 aliphatic carbocycles. The van der Waals surface area contributed by atoms with Crippen molar-refractivity contribution in [2.75, 3.05) is 11.4 Å². The second-order valence-electron chi connectivity index (χ2n) is 5.50. The molecule has 0 heterocycles. The average molecular weight is 296 g/mol. The van der Waals surface area contributed by atoms with E-state index in [2.05, 4.69) is 0 Å². The number of halogens is 1. The molecule has 1 aromatic carbocycles. The number of carbonyl (C=O) groups is 1. The van der Waals surface area contributed by atoms with Crippen LogP contribution in [0.1, 0.15) is 44.9 Å². The fraction of sp³-hybridized carbons (Fsp3) is 0.562. The van der Waals surface area contributed by atoms with Gasteiger partial charge in [-0.15, -0.1) is 0 Å². The van der Waals surface area contributed by atoms with E-state index in [0.717, 1.165) is 18.5 Å². The largest absolute Gasteiger partial charge is 0.480 e. The molecule has 1 fully saturated rings. The van der Waals surface area contributed by atoms with Crippen LogP contribution >= 0.6 is 11.6 Å². The summed E-state index contributed by atoms with van der Waals surface area (Å²) < 4.78 is 0. The van der Waals surface area contributed by atoms with E-state index in [9.17, 15) is 9.90 Å². The molecular formula is C16H22ClNO2. The Labute approximate surface area is 125 Å². The summed E-state index contributed by atoms with van der Waals surface area (Å²) in [6.07, 6.45) is 8.37. The topological polar surface area (TPSA) is 40.5 Å². The molecule has 4 heteroatoms. The highest BCUT2D eigenvalue weighted by Gasteiger charge is 2.21. The Morgan fingerprint density at radius 3 is 2.20 bits per heavy atom. The summed E-state index contributed by atoms with van der Waals surface area (Å²) in [4.78, 5) is 13.2. The predicted octanol–water partition coefficient (Wildman–Crippen LogP) is 4.34. The average Bonchev–Trinajstić information content (AvgIpc) is 2.37. The van der Waals surface area contributed by atoms with Crippen LogP contribution in [0.15, 0.2) is 24.3 Å². The Kier molecular flexibility index (Phi) is 5.72. The van der Waals surface area contributed by atoms with Crippen molar-refractivity contribution in [3.8, 4) is 0 Å². The van der Waals surface area contributed by atoms with Gasteiger partial charge in [0, 0.05) is 16.8 Å². The maximum atomic E-state index is 11.2. The lowest BCUT2D eigenvalue weighted by Crippen LogP contribution is -2.39. The van der Waals surface area contributed by atoms with Gasteiger partial charge in [0.1, 0.15) is 6.54 Å². The molecule has 2 rings (SSSR count). The molecule has 0 aliphatic heterocycles. The van der Waals surface area contributed by atoms with Crippen molar-refractivity contribution < 1.29 is 9.90 Å². The zero-order chi connectivity index (χ0) is 14.4. The van der Waals surface area contributed by atoms with Gasteiger partial charge in [0.25, 0.3) is 0 Å². The monoisotopic (exact) mass is 295 g/mol. The molecule has 0 unspecified atom stereocenters. The molecule has 1 saturated carbocycles. The van der Waals surface area contributed by atoms with Crippen LogP contribution in [0, 0.1) is 0 Å². The quantitative estimate of drug-likeness (QED) is 0.898. The van der Waals surface area contributed by atoms with Crippen LogP contribution in [0.5, 0.6) is 0 Å². The van der Waals surface area contributed by atoms with Crippen LogP contribution in [0.4, 0.5) is 5.69 Å². The van der Waals surface area contributed by atoms with Crippen molar-refractivity contribution in [3.05, 3.63) is 29.3 Å². The first-order valence-corrected chi connectivity index (χ1v) is 7.78. The number of aliphatic carboxylic acids is 1. The van der Waals surface area contributed by atoms with Gasteiger partial charge in [-0.1, -0.05) is 43.7 Å². The van der Waals surface area contributed by atoms with Gasteiger partial charge in [-0.05, 0) is 37.1 Å². The van der Waals surface area contributed by atoms with Crippen LogP contribution < -0.4 is 4.90 Å². The fourth-order valence-corrected chi connectivity index (χ4v) is 3.08. The molecule has 0 saturated heterocycles. The second kappa shape index (κ2) is 7.53. The Balaban J connectivity index is 2.16. The van der Waals surface area contributed by atoms with E-state index < -0.39 is 5.97 Å². The minimum Gasteiger partial charge on any atom is -0.480 e. The van der Waals surface area contributed by atoms with Crippen molar-refractivity contribution in [2.24, 2.45) is 0 Å². The van der Waals surface area contributed by atoms with E-state index in [0.29, 0.717) is 11.1 Å².